The Labute approximate surface area is 96.7 Å². The molecule has 16 heavy (non-hydrogen) atoms. The monoisotopic (exact) mass is 218 g/mol. The molecule has 0 unspecified atom stereocenters. The van der Waals surface area contributed by atoms with E-state index in [-0.39, 0.29) is 5.97 Å². The first-order valence-corrected chi connectivity index (χ1v) is 5.94. The molecule has 1 aliphatic heterocycles. The fourth-order valence-corrected chi connectivity index (χ4v) is 2.18. The third-order valence-corrected chi connectivity index (χ3v) is 3.07. The van der Waals surface area contributed by atoms with Gasteiger partial charge in [-0.05, 0) is 44.6 Å². The lowest BCUT2D eigenvalue weighted by atomic mass is 9.91. The van der Waals surface area contributed by atoms with Gasteiger partial charge < -0.3 is 4.74 Å². The van der Waals surface area contributed by atoms with Gasteiger partial charge in [0.05, 0.1) is 0 Å². The van der Waals surface area contributed by atoms with Crippen LogP contribution in [-0.2, 0) is 9.53 Å². The first-order chi connectivity index (χ1) is 7.74. The van der Waals surface area contributed by atoms with Crippen LogP contribution in [0.5, 0.6) is 0 Å². The largest absolute Gasteiger partial charge is 0.458 e. The number of allylic oxidation sites excluding steroid dienone is 4. The number of fused-ring (bicyclic) bond motifs is 2. The Bertz CT molecular complexity index is 372. The average molecular weight is 218 g/mol. The van der Waals surface area contributed by atoms with Gasteiger partial charge in [0, 0.05) is 6.08 Å². The molecule has 2 rings (SSSR count). The fourth-order valence-electron chi connectivity index (χ4n) is 2.18. The van der Waals surface area contributed by atoms with Crippen LogP contribution < -0.4 is 0 Å². The second-order valence-corrected chi connectivity index (χ2v) is 4.58. The first-order valence-electron chi connectivity index (χ1n) is 5.94. The molecule has 0 atom stereocenters. The molecule has 1 aliphatic carbocycles. The van der Waals surface area contributed by atoms with Crippen LogP contribution in [0, 0.1) is 0 Å². The van der Waals surface area contributed by atoms with E-state index in [4.69, 9.17) is 4.74 Å². The number of hydrogen-bond acceptors (Lipinski definition) is 2. The average Bonchev–Trinajstić information content (AvgIpc) is 2.28. The molecule has 0 saturated heterocycles. The summed E-state index contributed by atoms with van der Waals surface area (Å²) in [6.45, 7) is 2.44. The minimum absolute atomic E-state index is 0.189. The maximum atomic E-state index is 11.5. The van der Waals surface area contributed by atoms with E-state index < -0.39 is 0 Å². The molecule has 2 bridgehead atoms. The van der Waals surface area contributed by atoms with Crippen LogP contribution in [0.2, 0.25) is 0 Å². The Kier molecular flexibility index (Phi) is 3.60. The van der Waals surface area contributed by atoms with Crippen molar-refractivity contribution in [1.82, 2.24) is 0 Å². The molecule has 1 heterocycles. The summed E-state index contributed by atoms with van der Waals surface area (Å²) in [5, 5.41) is 0. The van der Waals surface area contributed by atoms with Gasteiger partial charge in [0.2, 0.25) is 0 Å². The maximum absolute atomic E-state index is 11.5. The molecular formula is C14H18O2. The Hall–Kier alpha value is -1.31. The van der Waals surface area contributed by atoms with Gasteiger partial charge in [0.15, 0.2) is 0 Å². The van der Waals surface area contributed by atoms with Gasteiger partial charge in [-0.1, -0.05) is 23.3 Å². The number of ether oxygens (including phenoxy) is 1. The van der Waals surface area contributed by atoms with Crippen LogP contribution in [0.15, 0.2) is 34.9 Å². The van der Waals surface area contributed by atoms with Crippen molar-refractivity contribution >= 4 is 5.97 Å². The Morgan fingerprint density at radius 3 is 2.75 bits per heavy atom. The highest BCUT2D eigenvalue weighted by molar-refractivity contribution is 5.83. The lowest BCUT2D eigenvalue weighted by Crippen LogP contribution is -2.05. The number of rotatable bonds is 0. The van der Waals surface area contributed by atoms with Crippen LogP contribution in [0.25, 0.3) is 0 Å². The highest BCUT2D eigenvalue weighted by atomic mass is 16.5. The van der Waals surface area contributed by atoms with Gasteiger partial charge in [0.25, 0.3) is 0 Å². The predicted molar refractivity (Wildman–Crippen MR) is 64.0 cm³/mol. The van der Waals surface area contributed by atoms with Crippen LogP contribution >= 0.6 is 0 Å². The first kappa shape index (κ1) is 11.2. The zero-order chi connectivity index (χ0) is 11.4. The van der Waals surface area contributed by atoms with E-state index in [0.717, 1.165) is 37.7 Å². The van der Waals surface area contributed by atoms with Crippen molar-refractivity contribution < 1.29 is 9.53 Å². The molecule has 2 aliphatic rings. The van der Waals surface area contributed by atoms with E-state index in [0.29, 0.717) is 6.61 Å². The van der Waals surface area contributed by atoms with Gasteiger partial charge in [0.1, 0.15) is 6.61 Å². The summed E-state index contributed by atoms with van der Waals surface area (Å²) < 4.78 is 5.17. The number of esters is 1. The fraction of sp³-hybridized carbons (Fsp3) is 0.500. The standard InChI is InChI=1S/C14H18O2/c1-11-4-2-5-12-6-3-7-13(8-12)9-14(15)16-10-11/h4,6,9H,2-3,5,7-8,10H2,1H3/b11-4?,13-9-. The molecule has 0 aromatic carbocycles. The van der Waals surface area contributed by atoms with Gasteiger partial charge >= 0.3 is 5.97 Å². The molecule has 0 saturated carbocycles. The minimum Gasteiger partial charge on any atom is -0.458 e. The quantitative estimate of drug-likeness (QED) is 0.460. The third kappa shape index (κ3) is 3.09. The van der Waals surface area contributed by atoms with E-state index in [1.807, 2.05) is 6.92 Å². The zero-order valence-corrected chi connectivity index (χ0v) is 9.79. The topological polar surface area (TPSA) is 26.3 Å². The number of hydrogen-bond donors (Lipinski definition) is 0. The lowest BCUT2D eigenvalue weighted by Gasteiger charge is -2.15. The summed E-state index contributed by atoms with van der Waals surface area (Å²) in [5.41, 5.74) is 3.84. The summed E-state index contributed by atoms with van der Waals surface area (Å²) in [5.74, 6) is -0.189. The molecule has 0 aromatic heterocycles. The van der Waals surface area contributed by atoms with Gasteiger partial charge in [-0.2, -0.15) is 0 Å². The molecule has 0 aromatic rings. The molecule has 0 N–H and O–H groups in total. The highest BCUT2D eigenvalue weighted by Gasteiger charge is 2.11. The normalized spacial score (nSPS) is 25.6. The van der Waals surface area contributed by atoms with E-state index in [1.165, 1.54) is 11.1 Å². The Balaban J connectivity index is 2.17. The molecule has 0 radical (unpaired) electrons. The summed E-state index contributed by atoms with van der Waals surface area (Å²) in [7, 11) is 0. The summed E-state index contributed by atoms with van der Waals surface area (Å²) in [6, 6.07) is 0. The summed E-state index contributed by atoms with van der Waals surface area (Å²) in [6.07, 6.45) is 11.4. The third-order valence-electron chi connectivity index (χ3n) is 3.07. The van der Waals surface area contributed by atoms with Crippen molar-refractivity contribution in [3.8, 4) is 0 Å². The van der Waals surface area contributed by atoms with E-state index in [2.05, 4.69) is 12.2 Å². The van der Waals surface area contributed by atoms with E-state index in [1.54, 1.807) is 6.08 Å². The lowest BCUT2D eigenvalue weighted by molar-refractivity contribution is -0.136. The molecule has 0 amide bonds. The van der Waals surface area contributed by atoms with Gasteiger partial charge in [-0.25, -0.2) is 4.79 Å². The highest BCUT2D eigenvalue weighted by Crippen LogP contribution is 2.27. The van der Waals surface area contributed by atoms with Crippen molar-refractivity contribution in [1.29, 1.82) is 0 Å². The Morgan fingerprint density at radius 1 is 1.12 bits per heavy atom. The molecule has 2 nitrogen and oxygen atoms in total. The summed E-state index contributed by atoms with van der Waals surface area (Å²) >= 11 is 0. The maximum Gasteiger partial charge on any atom is 0.331 e. The van der Waals surface area contributed by atoms with Crippen LogP contribution in [0.4, 0.5) is 0 Å². The van der Waals surface area contributed by atoms with Crippen molar-refractivity contribution in [3.05, 3.63) is 34.9 Å². The smallest absolute Gasteiger partial charge is 0.331 e. The molecule has 0 fully saturated rings. The molecular weight excluding hydrogens is 200 g/mol. The van der Waals surface area contributed by atoms with Crippen LogP contribution in [0.3, 0.4) is 0 Å². The van der Waals surface area contributed by atoms with Crippen LogP contribution in [0.1, 0.15) is 39.0 Å². The van der Waals surface area contributed by atoms with Gasteiger partial charge in [-0.15, -0.1) is 0 Å². The SMILES string of the molecule is CC1=CCCC2=CCC/C(=C/C(=O)OC1)C2. The Morgan fingerprint density at radius 2 is 1.88 bits per heavy atom. The van der Waals surface area contributed by atoms with Crippen molar-refractivity contribution in [2.45, 2.75) is 39.0 Å². The number of cyclic esters (lactones) is 1. The zero-order valence-electron chi connectivity index (χ0n) is 9.79. The van der Waals surface area contributed by atoms with E-state index in [9.17, 15) is 4.79 Å². The number of carbonyl (C=O) groups excluding carboxylic acids is 1. The van der Waals surface area contributed by atoms with E-state index >= 15 is 0 Å². The van der Waals surface area contributed by atoms with Crippen molar-refractivity contribution in [2.75, 3.05) is 6.61 Å². The number of carbonyl (C=O) groups is 1. The van der Waals surface area contributed by atoms with Gasteiger partial charge in [-0.3, -0.25) is 0 Å². The van der Waals surface area contributed by atoms with Crippen LogP contribution in [-0.4, -0.2) is 12.6 Å². The summed E-state index contributed by atoms with van der Waals surface area (Å²) in [4.78, 5) is 11.5. The van der Waals surface area contributed by atoms with Crippen molar-refractivity contribution in [2.24, 2.45) is 0 Å². The second kappa shape index (κ2) is 5.15. The predicted octanol–water partition coefficient (Wildman–Crippen LogP) is 3.31. The van der Waals surface area contributed by atoms with Crippen molar-refractivity contribution in [3.63, 3.8) is 0 Å². The second-order valence-electron chi connectivity index (χ2n) is 4.58. The molecule has 86 valence electrons. The molecule has 2 heteroatoms. The molecule has 0 spiro atoms. The minimum atomic E-state index is -0.189.